The molecule has 0 aliphatic heterocycles. The molecule has 0 aliphatic carbocycles. The van der Waals surface area contributed by atoms with Gasteiger partial charge in [-0.1, -0.05) is 13.8 Å². The molecule has 3 N–H and O–H groups in total. The van der Waals surface area contributed by atoms with E-state index in [2.05, 4.69) is 4.74 Å². The van der Waals surface area contributed by atoms with Gasteiger partial charge in [0.15, 0.2) is 0 Å². The number of nitro groups is 1. The number of nitrogens with two attached hydrogens (primary N) is 1. The summed E-state index contributed by atoms with van der Waals surface area (Å²) in [5, 5.41) is 18.2. The van der Waals surface area contributed by atoms with E-state index >= 15 is 0 Å². The van der Waals surface area contributed by atoms with Crippen molar-refractivity contribution in [2.24, 2.45) is 0 Å². The van der Waals surface area contributed by atoms with Crippen molar-refractivity contribution >= 4 is 23.1 Å². The van der Waals surface area contributed by atoms with Crippen LogP contribution in [0.3, 0.4) is 0 Å². The van der Waals surface area contributed by atoms with Crippen molar-refractivity contribution in [3.8, 4) is 0 Å². The summed E-state index contributed by atoms with van der Waals surface area (Å²) in [6.07, 6.45) is 0. The Morgan fingerprint density at radius 2 is 1.89 bits per heavy atom. The maximum atomic E-state index is 11.3. The molecule has 1 aromatic carbocycles. The Bertz CT molecular complexity index is 512. The standard InChI is InChI=1S/C10H11N3O4.C2H6/c1-5(11)6-4-9(13(15)16)7(3-8(6)12)10(14)17-2;1-2/h3-4,11H,12H2,1-2H3;1-2H3. The Morgan fingerprint density at radius 1 is 1.37 bits per heavy atom. The molecule has 7 nitrogen and oxygen atoms in total. The lowest BCUT2D eigenvalue weighted by Crippen LogP contribution is -2.09. The zero-order chi connectivity index (χ0) is 15.2. The SMILES string of the molecule is CC.COC(=O)c1cc(N)c(C(C)=N)cc1[N+](=O)[O-]. The first-order valence-corrected chi connectivity index (χ1v) is 5.60. The molecule has 7 heteroatoms. The molecule has 0 aliphatic rings. The lowest BCUT2D eigenvalue weighted by Gasteiger charge is -2.07. The van der Waals surface area contributed by atoms with Gasteiger partial charge in [-0.25, -0.2) is 4.79 Å². The maximum absolute atomic E-state index is 11.3. The van der Waals surface area contributed by atoms with Crippen LogP contribution >= 0.6 is 0 Å². The third-order valence-electron chi connectivity index (χ3n) is 2.17. The van der Waals surface area contributed by atoms with E-state index in [-0.39, 0.29) is 22.5 Å². The minimum atomic E-state index is -0.836. The number of nitrogens with one attached hydrogen (secondary N) is 1. The van der Waals surface area contributed by atoms with Gasteiger partial charge in [0.05, 0.1) is 12.0 Å². The third-order valence-corrected chi connectivity index (χ3v) is 2.17. The highest BCUT2D eigenvalue weighted by Gasteiger charge is 2.23. The number of rotatable bonds is 3. The number of nitro benzene ring substituents is 1. The van der Waals surface area contributed by atoms with E-state index in [4.69, 9.17) is 11.1 Å². The van der Waals surface area contributed by atoms with Gasteiger partial charge in [-0.15, -0.1) is 0 Å². The van der Waals surface area contributed by atoms with Gasteiger partial charge in [0.25, 0.3) is 5.69 Å². The summed E-state index contributed by atoms with van der Waals surface area (Å²) in [6, 6.07) is 2.25. The molecule has 0 saturated heterocycles. The van der Waals surface area contributed by atoms with E-state index < -0.39 is 16.6 Å². The number of ether oxygens (including phenoxy) is 1. The molecule has 0 atom stereocenters. The normalized spacial score (nSPS) is 9.05. The van der Waals surface area contributed by atoms with Gasteiger partial charge >= 0.3 is 5.97 Å². The van der Waals surface area contributed by atoms with Crippen molar-refractivity contribution in [3.05, 3.63) is 33.4 Å². The second-order valence-electron chi connectivity index (χ2n) is 3.33. The Hall–Kier alpha value is -2.44. The highest BCUT2D eigenvalue weighted by molar-refractivity contribution is 6.04. The van der Waals surface area contributed by atoms with Gasteiger partial charge in [0, 0.05) is 23.0 Å². The maximum Gasteiger partial charge on any atom is 0.344 e. The van der Waals surface area contributed by atoms with Gasteiger partial charge < -0.3 is 15.9 Å². The van der Waals surface area contributed by atoms with Crippen LogP contribution < -0.4 is 5.73 Å². The average molecular weight is 267 g/mol. The third kappa shape index (κ3) is 3.77. The van der Waals surface area contributed by atoms with Gasteiger partial charge in [0.2, 0.25) is 0 Å². The summed E-state index contributed by atoms with van der Waals surface area (Å²) in [6.45, 7) is 5.45. The van der Waals surface area contributed by atoms with E-state index in [1.54, 1.807) is 0 Å². The molecule has 19 heavy (non-hydrogen) atoms. The van der Waals surface area contributed by atoms with E-state index in [0.29, 0.717) is 0 Å². The number of carbonyl (C=O) groups is 1. The van der Waals surface area contributed by atoms with Crippen LogP contribution in [-0.4, -0.2) is 23.7 Å². The molecule has 0 unspecified atom stereocenters. The molecule has 0 fully saturated rings. The Labute approximate surface area is 111 Å². The van der Waals surface area contributed by atoms with Crippen LogP contribution in [0.5, 0.6) is 0 Å². The fraction of sp³-hybridized carbons (Fsp3) is 0.333. The Morgan fingerprint density at radius 3 is 2.26 bits per heavy atom. The van der Waals surface area contributed by atoms with Crippen molar-refractivity contribution in [1.82, 2.24) is 0 Å². The predicted molar refractivity (Wildman–Crippen MR) is 72.7 cm³/mol. The number of nitrogens with zero attached hydrogens (tertiary/aromatic N) is 1. The van der Waals surface area contributed by atoms with E-state index in [9.17, 15) is 14.9 Å². The number of esters is 1. The molecule has 0 amide bonds. The fourth-order valence-corrected chi connectivity index (χ4v) is 1.35. The minimum absolute atomic E-state index is 0.0852. The number of methoxy groups -OCH3 is 1. The Balaban J connectivity index is 0.00000154. The number of anilines is 1. The fourth-order valence-electron chi connectivity index (χ4n) is 1.35. The first kappa shape index (κ1) is 16.6. The van der Waals surface area contributed by atoms with Crippen molar-refractivity contribution in [1.29, 1.82) is 5.41 Å². The van der Waals surface area contributed by atoms with Crippen molar-refractivity contribution in [3.63, 3.8) is 0 Å². The van der Waals surface area contributed by atoms with Crippen LogP contribution in [0.4, 0.5) is 11.4 Å². The molecule has 0 aromatic heterocycles. The van der Waals surface area contributed by atoms with E-state index in [0.717, 1.165) is 19.2 Å². The second kappa shape index (κ2) is 7.10. The quantitative estimate of drug-likeness (QED) is 0.286. The summed E-state index contributed by atoms with van der Waals surface area (Å²) in [7, 11) is 1.12. The first-order valence-electron chi connectivity index (χ1n) is 5.60. The van der Waals surface area contributed by atoms with E-state index in [1.807, 2.05) is 13.8 Å². The summed E-state index contributed by atoms with van der Waals surface area (Å²) >= 11 is 0. The summed E-state index contributed by atoms with van der Waals surface area (Å²) < 4.78 is 4.43. The molecule has 0 spiro atoms. The first-order chi connectivity index (χ1) is 8.88. The molecular weight excluding hydrogens is 250 g/mol. The van der Waals surface area contributed by atoms with Crippen molar-refractivity contribution in [2.75, 3.05) is 12.8 Å². The number of benzene rings is 1. The molecule has 1 rings (SSSR count). The lowest BCUT2D eigenvalue weighted by molar-refractivity contribution is -0.385. The van der Waals surface area contributed by atoms with Gasteiger partial charge in [-0.2, -0.15) is 0 Å². The summed E-state index contributed by atoms with van der Waals surface area (Å²) in [5.74, 6) is -0.836. The second-order valence-corrected chi connectivity index (χ2v) is 3.33. The summed E-state index contributed by atoms with van der Waals surface area (Å²) in [4.78, 5) is 21.4. The molecule has 0 bridgehead atoms. The highest BCUT2D eigenvalue weighted by Crippen LogP contribution is 2.26. The van der Waals surface area contributed by atoms with E-state index in [1.165, 1.54) is 6.92 Å². The summed E-state index contributed by atoms with van der Waals surface area (Å²) in [5.41, 5.74) is 5.41. The van der Waals surface area contributed by atoms with Crippen LogP contribution in [-0.2, 0) is 4.74 Å². The van der Waals surface area contributed by atoms with Crippen LogP contribution in [0.25, 0.3) is 0 Å². The van der Waals surface area contributed by atoms with Crippen molar-refractivity contribution in [2.45, 2.75) is 20.8 Å². The molecular formula is C12H17N3O4. The monoisotopic (exact) mass is 267 g/mol. The minimum Gasteiger partial charge on any atom is -0.465 e. The van der Waals surface area contributed by atoms with Gasteiger partial charge in [-0.3, -0.25) is 10.1 Å². The molecule has 0 heterocycles. The molecule has 0 saturated carbocycles. The predicted octanol–water partition coefficient (Wildman–Crippen LogP) is 2.38. The highest BCUT2D eigenvalue weighted by atomic mass is 16.6. The van der Waals surface area contributed by atoms with Crippen LogP contribution in [0, 0.1) is 15.5 Å². The number of hydrogen-bond acceptors (Lipinski definition) is 6. The molecule has 104 valence electrons. The molecule has 0 radical (unpaired) electrons. The largest absolute Gasteiger partial charge is 0.465 e. The number of nitrogen functional groups attached to an aromatic ring is 1. The Kier molecular flexibility index (Phi) is 6.19. The van der Waals surface area contributed by atoms with Crippen molar-refractivity contribution < 1.29 is 14.5 Å². The van der Waals surface area contributed by atoms with Crippen LogP contribution in [0.2, 0.25) is 0 Å². The topological polar surface area (TPSA) is 119 Å². The van der Waals surface area contributed by atoms with Crippen LogP contribution in [0.1, 0.15) is 36.7 Å². The zero-order valence-corrected chi connectivity index (χ0v) is 11.3. The lowest BCUT2D eigenvalue weighted by atomic mass is 10.0. The zero-order valence-electron chi connectivity index (χ0n) is 11.3. The van der Waals surface area contributed by atoms with Gasteiger partial charge in [-0.05, 0) is 13.0 Å². The average Bonchev–Trinajstić information content (AvgIpc) is 2.39. The number of hydrogen-bond donors (Lipinski definition) is 2. The molecule has 1 aromatic rings. The number of carbonyl (C=O) groups excluding carboxylic acids is 1. The van der Waals surface area contributed by atoms with Crippen LogP contribution in [0.15, 0.2) is 12.1 Å². The smallest absolute Gasteiger partial charge is 0.344 e. The van der Waals surface area contributed by atoms with Gasteiger partial charge in [0.1, 0.15) is 5.56 Å².